The van der Waals surface area contributed by atoms with E-state index in [0.29, 0.717) is 11.3 Å². The summed E-state index contributed by atoms with van der Waals surface area (Å²) in [6.45, 7) is 1.41. The highest BCUT2D eigenvalue weighted by Crippen LogP contribution is 2.10. The third-order valence-corrected chi connectivity index (χ3v) is 3.41. The molecule has 2 aromatic carbocycles. The Morgan fingerprint density at radius 1 is 1.14 bits per heavy atom. The van der Waals surface area contributed by atoms with Gasteiger partial charge < -0.3 is 5.32 Å². The van der Waals surface area contributed by atoms with Crippen LogP contribution in [0.4, 0.5) is 5.69 Å². The van der Waals surface area contributed by atoms with Gasteiger partial charge in [0.2, 0.25) is 5.91 Å². The minimum absolute atomic E-state index is 0.186. The van der Waals surface area contributed by atoms with Gasteiger partial charge in [-0.1, -0.05) is 18.2 Å². The Morgan fingerprint density at radius 2 is 1.86 bits per heavy atom. The summed E-state index contributed by atoms with van der Waals surface area (Å²) in [6.07, 6.45) is 1.58. The van der Waals surface area contributed by atoms with Crippen LogP contribution in [0, 0.1) is 3.57 Å². The maximum Gasteiger partial charge on any atom is 0.271 e. The van der Waals surface area contributed by atoms with Crippen LogP contribution in [0.3, 0.4) is 0 Å². The molecule has 0 heterocycles. The summed E-state index contributed by atoms with van der Waals surface area (Å²) in [4.78, 5) is 23.0. The zero-order valence-corrected chi connectivity index (χ0v) is 14.0. The van der Waals surface area contributed by atoms with Crippen LogP contribution in [0.2, 0.25) is 0 Å². The largest absolute Gasteiger partial charge is 0.326 e. The van der Waals surface area contributed by atoms with E-state index in [1.54, 1.807) is 30.5 Å². The van der Waals surface area contributed by atoms with E-state index in [0.717, 1.165) is 9.13 Å². The predicted molar refractivity (Wildman–Crippen MR) is 95.0 cm³/mol. The number of nitrogens with one attached hydrogen (secondary N) is 2. The van der Waals surface area contributed by atoms with Gasteiger partial charge in [-0.2, -0.15) is 5.10 Å². The molecule has 2 rings (SSSR count). The summed E-state index contributed by atoms with van der Waals surface area (Å²) in [5, 5.41) is 6.55. The Kier molecular flexibility index (Phi) is 5.65. The van der Waals surface area contributed by atoms with E-state index in [-0.39, 0.29) is 11.8 Å². The third kappa shape index (κ3) is 4.96. The average molecular weight is 407 g/mol. The van der Waals surface area contributed by atoms with Gasteiger partial charge in [0.25, 0.3) is 5.91 Å². The molecule has 0 atom stereocenters. The van der Waals surface area contributed by atoms with Crippen molar-refractivity contribution >= 4 is 46.3 Å². The first-order valence-corrected chi connectivity index (χ1v) is 7.59. The lowest BCUT2D eigenvalue weighted by Gasteiger charge is -2.04. The lowest BCUT2D eigenvalue weighted by atomic mass is 10.2. The van der Waals surface area contributed by atoms with E-state index in [1.807, 2.05) is 24.3 Å². The third-order valence-electron chi connectivity index (χ3n) is 2.69. The Balaban J connectivity index is 2.00. The molecular formula is C16H14IN3O2. The first-order valence-electron chi connectivity index (χ1n) is 6.51. The summed E-state index contributed by atoms with van der Waals surface area (Å²) in [5.41, 5.74) is 4.35. The number of hydrogen-bond acceptors (Lipinski definition) is 3. The number of rotatable bonds is 4. The van der Waals surface area contributed by atoms with Crippen LogP contribution < -0.4 is 10.7 Å². The van der Waals surface area contributed by atoms with Gasteiger partial charge in [0.1, 0.15) is 0 Å². The smallest absolute Gasteiger partial charge is 0.271 e. The molecule has 0 aliphatic rings. The van der Waals surface area contributed by atoms with Crippen LogP contribution in [0.1, 0.15) is 22.8 Å². The van der Waals surface area contributed by atoms with Gasteiger partial charge in [-0.15, -0.1) is 0 Å². The first kappa shape index (κ1) is 16.2. The van der Waals surface area contributed by atoms with Crippen LogP contribution in [-0.2, 0) is 4.79 Å². The maximum absolute atomic E-state index is 12.0. The SMILES string of the molecule is CC(=O)Nc1cccc(C(=O)NN=Cc2ccc(I)cc2)c1. The molecule has 2 amide bonds. The van der Waals surface area contributed by atoms with Crippen LogP contribution >= 0.6 is 22.6 Å². The number of carbonyl (C=O) groups excluding carboxylic acids is 2. The highest BCUT2D eigenvalue weighted by molar-refractivity contribution is 14.1. The molecule has 0 bridgehead atoms. The summed E-state index contributed by atoms with van der Waals surface area (Å²) in [5.74, 6) is -0.525. The molecule has 0 aliphatic heterocycles. The average Bonchev–Trinajstić information content (AvgIpc) is 2.49. The number of anilines is 1. The maximum atomic E-state index is 12.0. The molecule has 0 saturated carbocycles. The van der Waals surface area contributed by atoms with E-state index in [1.165, 1.54) is 6.92 Å². The minimum atomic E-state index is -0.339. The minimum Gasteiger partial charge on any atom is -0.326 e. The zero-order chi connectivity index (χ0) is 15.9. The molecule has 6 heteroatoms. The van der Waals surface area contributed by atoms with Crippen molar-refractivity contribution in [2.24, 2.45) is 5.10 Å². The highest BCUT2D eigenvalue weighted by Gasteiger charge is 2.05. The van der Waals surface area contributed by atoms with Gasteiger partial charge in [-0.25, -0.2) is 5.43 Å². The molecule has 2 N–H and O–H groups in total. The van der Waals surface area contributed by atoms with Crippen molar-refractivity contribution in [3.8, 4) is 0 Å². The number of hydrazone groups is 1. The number of nitrogens with zero attached hydrogens (tertiary/aromatic N) is 1. The highest BCUT2D eigenvalue weighted by atomic mass is 127. The van der Waals surface area contributed by atoms with Crippen molar-refractivity contribution < 1.29 is 9.59 Å². The topological polar surface area (TPSA) is 70.6 Å². The lowest BCUT2D eigenvalue weighted by Crippen LogP contribution is -2.18. The second kappa shape index (κ2) is 7.69. The number of hydrogen-bond donors (Lipinski definition) is 2. The monoisotopic (exact) mass is 407 g/mol. The van der Waals surface area contributed by atoms with E-state index in [4.69, 9.17) is 0 Å². The van der Waals surface area contributed by atoms with E-state index >= 15 is 0 Å². The van der Waals surface area contributed by atoms with Crippen molar-refractivity contribution in [1.82, 2.24) is 5.43 Å². The predicted octanol–water partition coefficient (Wildman–Crippen LogP) is 3.01. The zero-order valence-electron chi connectivity index (χ0n) is 11.8. The van der Waals surface area contributed by atoms with Crippen molar-refractivity contribution in [2.45, 2.75) is 6.92 Å². The number of halogens is 1. The molecule has 0 fully saturated rings. The standard InChI is InChI=1S/C16H14IN3O2/c1-11(21)19-15-4-2-3-13(9-15)16(22)20-18-10-12-5-7-14(17)8-6-12/h2-10H,1H3,(H,19,21)(H,20,22). The van der Waals surface area contributed by atoms with Gasteiger partial charge in [-0.05, 0) is 58.5 Å². The Labute approximate surface area is 141 Å². The molecule has 5 nitrogen and oxygen atoms in total. The quantitative estimate of drug-likeness (QED) is 0.465. The Bertz CT molecular complexity index is 712. The summed E-state index contributed by atoms with van der Waals surface area (Å²) >= 11 is 2.22. The molecule has 0 saturated heterocycles. The van der Waals surface area contributed by atoms with Gasteiger partial charge in [-0.3, -0.25) is 9.59 Å². The van der Waals surface area contributed by atoms with Crippen LogP contribution in [0.15, 0.2) is 53.6 Å². The van der Waals surface area contributed by atoms with Crippen LogP contribution in [0.5, 0.6) is 0 Å². The molecule has 0 unspecified atom stereocenters. The Morgan fingerprint density at radius 3 is 2.55 bits per heavy atom. The van der Waals surface area contributed by atoms with E-state index in [2.05, 4.69) is 38.4 Å². The first-order chi connectivity index (χ1) is 10.5. The molecule has 22 heavy (non-hydrogen) atoms. The van der Waals surface area contributed by atoms with Crippen molar-refractivity contribution in [3.63, 3.8) is 0 Å². The second-order valence-corrected chi connectivity index (χ2v) is 5.76. The van der Waals surface area contributed by atoms with Crippen molar-refractivity contribution in [2.75, 3.05) is 5.32 Å². The van der Waals surface area contributed by atoms with Crippen LogP contribution in [0.25, 0.3) is 0 Å². The molecular weight excluding hydrogens is 393 g/mol. The fraction of sp³-hybridized carbons (Fsp3) is 0.0625. The lowest BCUT2D eigenvalue weighted by molar-refractivity contribution is -0.114. The van der Waals surface area contributed by atoms with E-state index in [9.17, 15) is 9.59 Å². The summed E-state index contributed by atoms with van der Waals surface area (Å²) in [7, 11) is 0. The molecule has 0 aromatic heterocycles. The molecule has 0 aliphatic carbocycles. The summed E-state index contributed by atoms with van der Waals surface area (Å²) in [6, 6.07) is 14.4. The summed E-state index contributed by atoms with van der Waals surface area (Å²) < 4.78 is 1.13. The van der Waals surface area contributed by atoms with Gasteiger partial charge in [0.15, 0.2) is 0 Å². The fourth-order valence-electron chi connectivity index (χ4n) is 1.72. The number of amides is 2. The Hall–Kier alpha value is -2.22. The number of carbonyl (C=O) groups is 2. The molecule has 0 radical (unpaired) electrons. The van der Waals surface area contributed by atoms with E-state index < -0.39 is 0 Å². The van der Waals surface area contributed by atoms with Gasteiger partial charge in [0, 0.05) is 21.7 Å². The van der Waals surface area contributed by atoms with Crippen molar-refractivity contribution in [3.05, 3.63) is 63.2 Å². The van der Waals surface area contributed by atoms with Gasteiger partial charge >= 0.3 is 0 Å². The molecule has 112 valence electrons. The number of benzene rings is 2. The normalized spacial score (nSPS) is 10.5. The van der Waals surface area contributed by atoms with Gasteiger partial charge in [0.05, 0.1) is 6.21 Å². The van der Waals surface area contributed by atoms with Crippen molar-refractivity contribution in [1.29, 1.82) is 0 Å². The second-order valence-electron chi connectivity index (χ2n) is 4.51. The molecule has 0 spiro atoms. The molecule has 2 aromatic rings. The van der Waals surface area contributed by atoms with Crippen LogP contribution in [-0.4, -0.2) is 18.0 Å². The fourth-order valence-corrected chi connectivity index (χ4v) is 2.08.